The number of aliphatic hydroxyl groups is 1. The Morgan fingerprint density at radius 1 is 1.39 bits per heavy atom. The van der Waals surface area contributed by atoms with Crippen LogP contribution in [0, 0.1) is 5.92 Å². The molecule has 0 aromatic carbocycles. The minimum Gasteiger partial charge on any atom is -0.504 e. The molecule has 3 amide bonds. The number of nitrogens with one attached hydrogen (secondary N) is 2. The Balaban J connectivity index is 2.38. The molecule has 2 atom stereocenters. The number of methoxy groups -OCH3 is 1. The third-order valence-corrected chi connectivity index (χ3v) is 3.05. The van der Waals surface area contributed by atoms with Gasteiger partial charge in [0.1, 0.15) is 0 Å². The average molecular weight is 256 g/mol. The van der Waals surface area contributed by atoms with Gasteiger partial charge in [0.2, 0.25) is 0 Å². The third-order valence-electron chi connectivity index (χ3n) is 3.05. The van der Waals surface area contributed by atoms with Gasteiger partial charge in [0.15, 0.2) is 0 Å². The largest absolute Gasteiger partial charge is 0.504 e. The summed E-state index contributed by atoms with van der Waals surface area (Å²) in [7, 11) is 1.41. The summed E-state index contributed by atoms with van der Waals surface area (Å²) in [5, 5.41) is 14.1. The normalized spacial score (nSPS) is 23.7. The predicted molar refractivity (Wildman–Crippen MR) is 65.7 cm³/mol. The SMILES string of the molecule is CO/C=C/C(=O)NC(=O)N[C@H]1CCCC[C@H]1CO. The molecule has 0 heterocycles. The molecule has 0 bridgehead atoms. The topological polar surface area (TPSA) is 87.7 Å². The minimum atomic E-state index is -0.536. The van der Waals surface area contributed by atoms with Crippen LogP contribution in [0.15, 0.2) is 12.3 Å². The van der Waals surface area contributed by atoms with Crippen LogP contribution in [0.4, 0.5) is 4.79 Å². The highest BCUT2D eigenvalue weighted by Crippen LogP contribution is 2.23. The van der Waals surface area contributed by atoms with Gasteiger partial charge in [-0.15, -0.1) is 0 Å². The van der Waals surface area contributed by atoms with Crippen LogP contribution in [0.3, 0.4) is 0 Å². The molecule has 0 unspecified atom stereocenters. The van der Waals surface area contributed by atoms with Gasteiger partial charge in [0, 0.05) is 24.6 Å². The number of urea groups is 1. The number of aliphatic hydroxyl groups excluding tert-OH is 1. The molecule has 3 N–H and O–H groups in total. The Hall–Kier alpha value is -1.56. The molecule has 1 saturated carbocycles. The number of hydrogen-bond acceptors (Lipinski definition) is 4. The fraction of sp³-hybridized carbons (Fsp3) is 0.667. The standard InChI is InChI=1S/C12H20N2O4/c1-18-7-6-11(16)14-12(17)13-10-5-3-2-4-9(10)8-15/h6-7,9-10,15H,2-5,8H2,1H3,(H2,13,14,16,17)/b7-6+/t9-,10-/m0/s1. The van der Waals surface area contributed by atoms with Crippen LogP contribution in [0.5, 0.6) is 0 Å². The van der Waals surface area contributed by atoms with Gasteiger partial charge in [-0.3, -0.25) is 10.1 Å². The van der Waals surface area contributed by atoms with E-state index in [1.54, 1.807) is 0 Å². The first-order valence-corrected chi connectivity index (χ1v) is 6.09. The Kier molecular flexibility index (Phi) is 6.21. The lowest BCUT2D eigenvalue weighted by molar-refractivity contribution is -0.115. The molecule has 18 heavy (non-hydrogen) atoms. The van der Waals surface area contributed by atoms with E-state index in [1.165, 1.54) is 13.4 Å². The van der Waals surface area contributed by atoms with E-state index in [0.29, 0.717) is 0 Å². The van der Waals surface area contributed by atoms with Crippen LogP contribution in [-0.2, 0) is 9.53 Å². The van der Waals surface area contributed by atoms with Crippen molar-refractivity contribution in [2.24, 2.45) is 5.92 Å². The van der Waals surface area contributed by atoms with Crippen LogP contribution in [0.1, 0.15) is 25.7 Å². The number of carbonyl (C=O) groups is 2. The van der Waals surface area contributed by atoms with Crippen molar-refractivity contribution in [3.63, 3.8) is 0 Å². The third kappa shape index (κ3) is 4.75. The van der Waals surface area contributed by atoms with Gasteiger partial charge >= 0.3 is 6.03 Å². The molecule has 1 aliphatic rings. The molecule has 102 valence electrons. The summed E-state index contributed by atoms with van der Waals surface area (Å²) >= 11 is 0. The molecule has 0 aliphatic heterocycles. The second-order valence-electron chi connectivity index (χ2n) is 4.33. The summed E-state index contributed by atoms with van der Waals surface area (Å²) in [6.07, 6.45) is 6.16. The van der Waals surface area contributed by atoms with Gasteiger partial charge < -0.3 is 15.2 Å². The van der Waals surface area contributed by atoms with Crippen molar-refractivity contribution in [3.05, 3.63) is 12.3 Å². The van der Waals surface area contributed by atoms with Crippen LogP contribution >= 0.6 is 0 Å². The molecule has 1 aliphatic carbocycles. The van der Waals surface area contributed by atoms with Gasteiger partial charge in [-0.25, -0.2) is 4.79 Å². The summed E-state index contributed by atoms with van der Waals surface area (Å²) in [6.45, 7) is 0.0580. The number of carbonyl (C=O) groups excluding carboxylic acids is 2. The summed E-state index contributed by atoms with van der Waals surface area (Å²) < 4.78 is 4.57. The molecule has 6 nitrogen and oxygen atoms in total. The maximum Gasteiger partial charge on any atom is 0.321 e. The predicted octanol–water partition coefficient (Wildman–Crippen LogP) is 0.523. The maximum absolute atomic E-state index is 11.5. The lowest BCUT2D eigenvalue weighted by Crippen LogP contribution is -2.48. The summed E-state index contributed by atoms with van der Waals surface area (Å²) in [4.78, 5) is 22.8. The number of ether oxygens (including phenoxy) is 1. The number of rotatable bonds is 4. The fourth-order valence-electron chi connectivity index (χ4n) is 2.10. The zero-order chi connectivity index (χ0) is 13.4. The maximum atomic E-state index is 11.5. The zero-order valence-electron chi connectivity index (χ0n) is 10.5. The van der Waals surface area contributed by atoms with Gasteiger partial charge in [0.05, 0.1) is 13.4 Å². The molecule has 0 saturated heterocycles. The lowest BCUT2D eigenvalue weighted by Gasteiger charge is -2.30. The van der Waals surface area contributed by atoms with E-state index < -0.39 is 11.9 Å². The van der Waals surface area contributed by atoms with Crippen LogP contribution < -0.4 is 10.6 Å². The Morgan fingerprint density at radius 2 is 2.11 bits per heavy atom. The molecular weight excluding hydrogens is 236 g/mol. The summed E-state index contributed by atoms with van der Waals surface area (Å²) in [6, 6.07) is -0.603. The Morgan fingerprint density at radius 3 is 2.78 bits per heavy atom. The van der Waals surface area contributed by atoms with Crippen LogP contribution in [0.2, 0.25) is 0 Å². The Bertz CT molecular complexity index is 317. The first kappa shape index (κ1) is 14.5. The molecule has 0 spiro atoms. The quantitative estimate of drug-likeness (QED) is 0.505. The number of imide groups is 1. The molecule has 1 rings (SSSR count). The average Bonchev–Trinajstić information content (AvgIpc) is 2.36. The van der Waals surface area contributed by atoms with Gasteiger partial charge in [-0.2, -0.15) is 0 Å². The van der Waals surface area contributed by atoms with E-state index in [1.807, 2.05) is 0 Å². The van der Waals surface area contributed by atoms with Crippen molar-refractivity contribution in [1.29, 1.82) is 0 Å². The van der Waals surface area contributed by atoms with Crippen molar-refractivity contribution in [2.45, 2.75) is 31.7 Å². The monoisotopic (exact) mass is 256 g/mol. The van der Waals surface area contributed by atoms with Gasteiger partial charge in [-0.05, 0) is 12.8 Å². The van der Waals surface area contributed by atoms with E-state index in [4.69, 9.17) is 0 Å². The highest BCUT2D eigenvalue weighted by Gasteiger charge is 2.25. The van der Waals surface area contributed by atoms with Gasteiger partial charge in [0.25, 0.3) is 5.91 Å². The van der Waals surface area contributed by atoms with Crippen LogP contribution in [0.25, 0.3) is 0 Å². The zero-order valence-corrected chi connectivity index (χ0v) is 10.5. The molecule has 6 heteroatoms. The van der Waals surface area contributed by atoms with E-state index in [9.17, 15) is 14.7 Å². The fourth-order valence-corrected chi connectivity index (χ4v) is 2.10. The molecule has 0 aromatic rings. The van der Waals surface area contributed by atoms with E-state index in [0.717, 1.165) is 31.8 Å². The second kappa shape index (κ2) is 7.71. The highest BCUT2D eigenvalue weighted by molar-refractivity contribution is 6.00. The van der Waals surface area contributed by atoms with Crippen molar-refractivity contribution in [1.82, 2.24) is 10.6 Å². The van der Waals surface area contributed by atoms with E-state index >= 15 is 0 Å². The van der Waals surface area contributed by atoms with Crippen LogP contribution in [-0.4, -0.2) is 36.8 Å². The lowest BCUT2D eigenvalue weighted by atomic mass is 9.85. The molecule has 1 fully saturated rings. The number of amides is 3. The van der Waals surface area contributed by atoms with Crippen molar-refractivity contribution >= 4 is 11.9 Å². The highest BCUT2D eigenvalue weighted by atomic mass is 16.5. The first-order valence-electron chi connectivity index (χ1n) is 6.09. The first-order chi connectivity index (χ1) is 8.67. The molecule has 0 radical (unpaired) electrons. The number of hydrogen-bond donors (Lipinski definition) is 3. The Labute approximate surface area is 106 Å². The minimum absolute atomic E-state index is 0.0580. The van der Waals surface area contributed by atoms with Crippen molar-refractivity contribution < 1.29 is 19.4 Å². The smallest absolute Gasteiger partial charge is 0.321 e. The summed E-state index contributed by atoms with van der Waals surface area (Å²) in [5.41, 5.74) is 0. The summed E-state index contributed by atoms with van der Waals surface area (Å²) in [5.74, 6) is -0.458. The second-order valence-corrected chi connectivity index (χ2v) is 4.33. The molecular formula is C12H20N2O4. The molecule has 0 aromatic heterocycles. The van der Waals surface area contributed by atoms with E-state index in [2.05, 4.69) is 15.4 Å². The van der Waals surface area contributed by atoms with Crippen molar-refractivity contribution in [2.75, 3.05) is 13.7 Å². The van der Waals surface area contributed by atoms with E-state index in [-0.39, 0.29) is 18.6 Å². The van der Waals surface area contributed by atoms with Gasteiger partial charge in [-0.1, -0.05) is 12.8 Å². The van der Waals surface area contributed by atoms with Crippen molar-refractivity contribution in [3.8, 4) is 0 Å².